The standard InChI is InChI=1S/C72H137NO5/c1-3-5-7-9-11-13-15-17-19-21-34-38-42-46-50-54-58-62-66-72(77)78-67-63-59-55-51-47-43-39-35-32-30-28-26-24-22-23-25-27-29-31-33-37-41-45-49-53-57-61-65-71(76)73-69(68-74)70(75)64-60-56-52-48-44-40-36-20-18-16-14-12-10-8-6-4-2/h13,15,19,21,60,64,69-70,74-75H,3-12,14,16-18,20,22-59,61-63,65-68H2,1-2H3,(H,73,76)/b15-13-,21-19-,64-60+. The van der Waals surface area contributed by atoms with E-state index in [1.807, 2.05) is 6.08 Å². The minimum absolute atomic E-state index is 0.0108. The molecule has 0 radical (unpaired) electrons. The summed E-state index contributed by atoms with van der Waals surface area (Å²) < 4.78 is 5.50. The number of carbonyl (C=O) groups is 2. The van der Waals surface area contributed by atoms with E-state index in [0.29, 0.717) is 19.4 Å². The summed E-state index contributed by atoms with van der Waals surface area (Å²) in [4.78, 5) is 24.6. The number of ether oxygens (including phenoxy) is 1. The van der Waals surface area contributed by atoms with Gasteiger partial charge in [-0.25, -0.2) is 0 Å². The van der Waals surface area contributed by atoms with Crippen LogP contribution < -0.4 is 5.32 Å². The van der Waals surface area contributed by atoms with Crippen LogP contribution in [0.4, 0.5) is 0 Å². The maximum atomic E-state index is 12.5. The number of allylic oxidation sites excluding steroid dienone is 5. The van der Waals surface area contributed by atoms with Gasteiger partial charge in [0.25, 0.3) is 0 Å². The second-order valence-corrected chi connectivity index (χ2v) is 24.2. The lowest BCUT2D eigenvalue weighted by Crippen LogP contribution is -2.45. The number of nitrogens with one attached hydrogen (secondary N) is 1. The number of amides is 1. The maximum Gasteiger partial charge on any atom is 0.305 e. The molecule has 3 N–H and O–H groups in total. The molecule has 1 amide bonds. The van der Waals surface area contributed by atoms with Crippen LogP contribution >= 0.6 is 0 Å². The number of aliphatic hydroxyl groups is 2. The molecule has 0 rings (SSSR count). The molecule has 0 bridgehead atoms. The number of aliphatic hydroxyl groups excluding tert-OH is 2. The zero-order chi connectivity index (χ0) is 56.4. The number of unbranched alkanes of at least 4 members (excludes halogenated alkanes) is 51. The highest BCUT2D eigenvalue weighted by Gasteiger charge is 2.18. The van der Waals surface area contributed by atoms with Crippen LogP contribution in [0, 0.1) is 0 Å². The number of hydrogen-bond donors (Lipinski definition) is 3. The van der Waals surface area contributed by atoms with Gasteiger partial charge in [0, 0.05) is 12.8 Å². The number of rotatable bonds is 66. The summed E-state index contributed by atoms with van der Waals surface area (Å²) in [6, 6.07) is -0.626. The van der Waals surface area contributed by atoms with Crippen LogP contribution in [0.25, 0.3) is 0 Å². The molecule has 2 unspecified atom stereocenters. The first-order valence-electron chi connectivity index (χ1n) is 35.3. The number of hydrogen-bond acceptors (Lipinski definition) is 5. The van der Waals surface area contributed by atoms with E-state index in [0.717, 1.165) is 51.4 Å². The average Bonchev–Trinajstić information content (AvgIpc) is 3.44. The first-order valence-corrected chi connectivity index (χ1v) is 35.3. The fraction of sp³-hybridized carbons (Fsp3) is 0.889. The summed E-state index contributed by atoms with van der Waals surface area (Å²) in [5.41, 5.74) is 0. The molecule has 78 heavy (non-hydrogen) atoms. The van der Waals surface area contributed by atoms with Crippen molar-refractivity contribution < 1.29 is 24.5 Å². The zero-order valence-electron chi connectivity index (χ0n) is 52.7. The maximum absolute atomic E-state index is 12.5. The number of esters is 1. The summed E-state index contributed by atoms with van der Waals surface area (Å²) >= 11 is 0. The van der Waals surface area contributed by atoms with Gasteiger partial charge in [-0.1, -0.05) is 346 Å². The summed E-state index contributed by atoms with van der Waals surface area (Å²) in [5.74, 6) is -0.0521. The van der Waals surface area contributed by atoms with Gasteiger partial charge in [0.05, 0.1) is 25.4 Å². The normalized spacial score (nSPS) is 12.7. The second kappa shape index (κ2) is 67.6. The van der Waals surface area contributed by atoms with E-state index in [9.17, 15) is 19.8 Å². The Morgan fingerprint density at radius 1 is 0.359 bits per heavy atom. The van der Waals surface area contributed by atoms with Crippen LogP contribution in [0.2, 0.25) is 0 Å². The minimum atomic E-state index is -0.843. The molecular formula is C72H137NO5. The molecule has 0 spiro atoms. The highest BCUT2D eigenvalue weighted by Crippen LogP contribution is 2.19. The van der Waals surface area contributed by atoms with Gasteiger partial charge in [-0.15, -0.1) is 0 Å². The fourth-order valence-electron chi connectivity index (χ4n) is 11.0. The van der Waals surface area contributed by atoms with Crippen molar-refractivity contribution in [1.29, 1.82) is 0 Å². The van der Waals surface area contributed by atoms with Crippen molar-refractivity contribution in [3.8, 4) is 0 Å². The van der Waals surface area contributed by atoms with Gasteiger partial charge in [-0.2, -0.15) is 0 Å². The predicted molar refractivity (Wildman–Crippen MR) is 343 cm³/mol. The Hall–Kier alpha value is -1.92. The third-order valence-electron chi connectivity index (χ3n) is 16.4. The van der Waals surface area contributed by atoms with Gasteiger partial charge in [-0.3, -0.25) is 9.59 Å². The molecule has 0 saturated heterocycles. The lowest BCUT2D eigenvalue weighted by molar-refractivity contribution is -0.143. The highest BCUT2D eigenvalue weighted by atomic mass is 16.5. The monoisotopic (exact) mass is 1100 g/mol. The molecule has 0 aromatic rings. The summed E-state index contributed by atoms with van der Waals surface area (Å²) in [5, 5.41) is 23.2. The summed E-state index contributed by atoms with van der Waals surface area (Å²) in [6.07, 6.45) is 86.5. The Morgan fingerprint density at radius 3 is 0.987 bits per heavy atom. The van der Waals surface area contributed by atoms with E-state index in [4.69, 9.17) is 4.74 Å². The molecule has 6 heteroatoms. The molecule has 460 valence electrons. The zero-order valence-corrected chi connectivity index (χ0v) is 52.7. The van der Waals surface area contributed by atoms with Gasteiger partial charge in [0.2, 0.25) is 5.91 Å². The molecular weight excluding hydrogens is 959 g/mol. The van der Waals surface area contributed by atoms with E-state index in [1.54, 1.807) is 6.08 Å². The van der Waals surface area contributed by atoms with Crippen LogP contribution in [0.5, 0.6) is 0 Å². The lowest BCUT2D eigenvalue weighted by Gasteiger charge is -2.20. The van der Waals surface area contributed by atoms with Gasteiger partial charge < -0.3 is 20.3 Å². The van der Waals surface area contributed by atoms with Gasteiger partial charge in [-0.05, 0) is 64.2 Å². The van der Waals surface area contributed by atoms with Crippen LogP contribution in [0.1, 0.15) is 386 Å². The molecule has 2 atom stereocenters. The largest absolute Gasteiger partial charge is 0.466 e. The summed E-state index contributed by atoms with van der Waals surface area (Å²) in [6.45, 7) is 4.91. The van der Waals surface area contributed by atoms with Crippen LogP contribution in [-0.4, -0.2) is 47.4 Å². The Labute approximate surface area is 487 Å². The number of carbonyl (C=O) groups excluding carboxylic acids is 2. The van der Waals surface area contributed by atoms with E-state index < -0.39 is 12.1 Å². The van der Waals surface area contributed by atoms with Crippen molar-refractivity contribution >= 4 is 11.9 Å². The second-order valence-electron chi connectivity index (χ2n) is 24.2. The quantitative estimate of drug-likeness (QED) is 0.0320. The Kier molecular flexibility index (Phi) is 65.9. The van der Waals surface area contributed by atoms with Crippen LogP contribution in [-0.2, 0) is 14.3 Å². The molecule has 0 aliphatic carbocycles. The first-order chi connectivity index (χ1) is 38.5. The highest BCUT2D eigenvalue weighted by molar-refractivity contribution is 5.76. The molecule has 6 nitrogen and oxygen atoms in total. The van der Waals surface area contributed by atoms with Crippen molar-refractivity contribution in [2.24, 2.45) is 0 Å². The third kappa shape index (κ3) is 63.3. The molecule has 0 aromatic carbocycles. The molecule has 0 aliphatic heterocycles. The fourth-order valence-corrected chi connectivity index (χ4v) is 11.0. The van der Waals surface area contributed by atoms with E-state index >= 15 is 0 Å². The molecule has 0 heterocycles. The van der Waals surface area contributed by atoms with E-state index in [1.165, 1.54) is 308 Å². The topological polar surface area (TPSA) is 95.9 Å². The van der Waals surface area contributed by atoms with Crippen molar-refractivity contribution in [2.45, 2.75) is 398 Å². The first kappa shape index (κ1) is 76.1. The molecule has 0 fully saturated rings. The summed E-state index contributed by atoms with van der Waals surface area (Å²) in [7, 11) is 0. The molecule has 0 saturated carbocycles. The third-order valence-corrected chi connectivity index (χ3v) is 16.4. The van der Waals surface area contributed by atoms with Gasteiger partial charge in [0.1, 0.15) is 0 Å². The molecule has 0 aromatic heterocycles. The average molecular weight is 1100 g/mol. The van der Waals surface area contributed by atoms with Crippen LogP contribution in [0.3, 0.4) is 0 Å². The molecule has 0 aliphatic rings. The predicted octanol–water partition coefficient (Wildman–Crippen LogP) is 22.7. The minimum Gasteiger partial charge on any atom is -0.466 e. The lowest BCUT2D eigenvalue weighted by atomic mass is 10.0. The van der Waals surface area contributed by atoms with Gasteiger partial charge in [0.15, 0.2) is 0 Å². The smallest absolute Gasteiger partial charge is 0.305 e. The van der Waals surface area contributed by atoms with Gasteiger partial charge >= 0.3 is 5.97 Å². The van der Waals surface area contributed by atoms with Crippen LogP contribution in [0.15, 0.2) is 36.5 Å². The Bertz CT molecular complexity index is 1260. The van der Waals surface area contributed by atoms with Crippen molar-refractivity contribution in [3.63, 3.8) is 0 Å². The Balaban J connectivity index is 3.36. The van der Waals surface area contributed by atoms with Crippen molar-refractivity contribution in [2.75, 3.05) is 13.2 Å². The SMILES string of the molecule is CCCCCC/C=C\C/C=C\CCCCCCCCCC(=O)OCCCCCCCCCCCCCCCCCCCCCCCCCCCCCC(=O)NC(CO)C(O)/C=C/CCCCCCCCCCCCCCCC. The van der Waals surface area contributed by atoms with E-state index in [-0.39, 0.29) is 18.5 Å². The Morgan fingerprint density at radius 2 is 0.641 bits per heavy atom. The van der Waals surface area contributed by atoms with E-state index in [2.05, 4.69) is 43.5 Å². The van der Waals surface area contributed by atoms with Crippen molar-refractivity contribution in [3.05, 3.63) is 36.5 Å². The van der Waals surface area contributed by atoms with Crippen molar-refractivity contribution in [1.82, 2.24) is 5.32 Å².